The number of rotatable bonds is 11. The molecular weight excluding hydrogens is 717 g/mol. The smallest absolute Gasteiger partial charge is 0.206 e. The molecule has 5 saturated carbocycles. The summed E-state index contributed by atoms with van der Waals surface area (Å²) in [5, 5.41) is 0. The minimum atomic E-state index is -3.78. The quantitative estimate of drug-likeness (QED) is 0.123. The van der Waals surface area contributed by atoms with Gasteiger partial charge in [0.2, 0.25) is 9.84 Å². The van der Waals surface area contributed by atoms with Crippen molar-refractivity contribution in [3.05, 3.63) is 173 Å². The molecule has 11 rings (SSSR count). The number of benzene rings is 6. The van der Waals surface area contributed by atoms with Crippen LogP contribution in [0.25, 0.3) is 0 Å². The molecule has 7 atom stereocenters. The van der Waals surface area contributed by atoms with Crippen molar-refractivity contribution in [2.24, 2.45) is 34.5 Å². The third kappa shape index (κ3) is 4.38. The Balaban J connectivity index is 0.767. The normalized spacial score (nSPS) is 28.4. The molecule has 0 heterocycles. The standard InChI is InChI=1S/C49H40O6S/c1-30-3-5-31(6-4-30)45(50)32-7-13-37(14-8-32)54-39-19-23-41(24-20-39)56(51,52)42-25-21-40(22-26-42)55-38-17-11-34(12-18-38)48(33-9-15-36(53-2)16-10-33)43-29-47-28-35-27-44(48)49(35,47)46(43)47/h3-26,35,43-44,46H,27-29H2,1-2H3. The van der Waals surface area contributed by atoms with Gasteiger partial charge in [-0.25, -0.2) is 8.42 Å². The molecule has 0 bridgehead atoms. The van der Waals surface area contributed by atoms with E-state index < -0.39 is 9.84 Å². The Kier molecular flexibility index (Phi) is 7.02. The summed E-state index contributed by atoms with van der Waals surface area (Å²) in [6, 6.07) is 44.8. The molecule has 2 spiro atoms. The van der Waals surface area contributed by atoms with E-state index in [2.05, 4.69) is 48.5 Å². The second kappa shape index (κ2) is 11.7. The Hall–Kier alpha value is -5.66. The molecule has 5 aliphatic carbocycles. The lowest BCUT2D eigenvalue weighted by Gasteiger charge is -2.69. The average Bonchev–Trinajstić information content (AvgIpc) is 3.57. The van der Waals surface area contributed by atoms with E-state index in [-0.39, 0.29) is 21.0 Å². The van der Waals surface area contributed by atoms with E-state index in [0.717, 1.165) is 28.9 Å². The van der Waals surface area contributed by atoms with Crippen molar-refractivity contribution in [2.45, 2.75) is 41.4 Å². The maximum Gasteiger partial charge on any atom is 0.206 e. The van der Waals surface area contributed by atoms with E-state index >= 15 is 0 Å². The first-order valence-corrected chi connectivity index (χ1v) is 20.9. The van der Waals surface area contributed by atoms with Crippen LogP contribution in [-0.2, 0) is 15.3 Å². The number of ether oxygens (including phenoxy) is 3. The van der Waals surface area contributed by atoms with E-state index in [0.29, 0.717) is 51.0 Å². The molecule has 5 aliphatic rings. The van der Waals surface area contributed by atoms with Gasteiger partial charge in [0.25, 0.3) is 0 Å². The summed E-state index contributed by atoms with van der Waals surface area (Å²) in [6.45, 7) is 1.98. The van der Waals surface area contributed by atoms with Crippen LogP contribution in [0.4, 0.5) is 0 Å². The zero-order chi connectivity index (χ0) is 38.0. The summed E-state index contributed by atoms with van der Waals surface area (Å²) >= 11 is 0. The van der Waals surface area contributed by atoms with Gasteiger partial charge >= 0.3 is 0 Å². The third-order valence-electron chi connectivity index (χ3n) is 14.5. The van der Waals surface area contributed by atoms with Gasteiger partial charge in [0.05, 0.1) is 16.9 Å². The number of hydrogen-bond donors (Lipinski definition) is 0. The highest BCUT2D eigenvalue weighted by Gasteiger charge is 3.04. The average molecular weight is 757 g/mol. The molecule has 0 aliphatic heterocycles. The van der Waals surface area contributed by atoms with Crippen molar-refractivity contribution in [1.29, 1.82) is 0 Å². The summed E-state index contributed by atoms with van der Waals surface area (Å²) in [6.07, 6.45) is 4.16. The maximum absolute atomic E-state index is 13.6. The molecule has 5 fully saturated rings. The number of carbonyl (C=O) groups is 1. The Labute approximate surface area is 327 Å². The van der Waals surface area contributed by atoms with E-state index in [9.17, 15) is 13.2 Å². The van der Waals surface area contributed by atoms with Crippen LogP contribution in [-0.4, -0.2) is 21.3 Å². The van der Waals surface area contributed by atoms with Crippen LogP contribution in [0.3, 0.4) is 0 Å². The molecule has 0 amide bonds. The van der Waals surface area contributed by atoms with E-state index in [1.165, 1.54) is 42.5 Å². The number of sulfone groups is 1. The molecule has 7 unspecified atom stereocenters. The van der Waals surface area contributed by atoms with Crippen molar-refractivity contribution >= 4 is 15.6 Å². The zero-order valence-electron chi connectivity index (χ0n) is 31.1. The molecule has 0 N–H and O–H groups in total. The van der Waals surface area contributed by atoms with E-state index in [1.807, 2.05) is 31.2 Å². The minimum absolute atomic E-state index is 0.0315. The van der Waals surface area contributed by atoms with Gasteiger partial charge in [0, 0.05) is 16.5 Å². The lowest BCUT2D eigenvalue weighted by molar-refractivity contribution is -0.161. The van der Waals surface area contributed by atoms with Crippen molar-refractivity contribution in [2.75, 3.05) is 7.11 Å². The van der Waals surface area contributed by atoms with Crippen LogP contribution in [0.15, 0.2) is 155 Å². The zero-order valence-corrected chi connectivity index (χ0v) is 32.0. The Bertz CT molecular complexity index is 2640. The number of hydrogen-bond acceptors (Lipinski definition) is 6. The van der Waals surface area contributed by atoms with Gasteiger partial charge in [0.15, 0.2) is 5.78 Å². The highest BCUT2D eigenvalue weighted by molar-refractivity contribution is 7.91. The highest BCUT2D eigenvalue weighted by Crippen LogP contribution is 3.08. The number of ketones is 1. The largest absolute Gasteiger partial charge is 0.497 e. The molecule has 56 heavy (non-hydrogen) atoms. The van der Waals surface area contributed by atoms with Crippen molar-refractivity contribution in [3.8, 4) is 28.7 Å². The molecule has 278 valence electrons. The van der Waals surface area contributed by atoms with Crippen LogP contribution in [0.2, 0.25) is 0 Å². The Morgan fingerprint density at radius 2 is 1.04 bits per heavy atom. The van der Waals surface area contributed by atoms with Gasteiger partial charge in [-0.05, 0) is 169 Å². The van der Waals surface area contributed by atoms with Gasteiger partial charge in [-0.3, -0.25) is 4.79 Å². The molecule has 0 radical (unpaired) electrons. The number of carbonyl (C=O) groups excluding carboxylic acids is 1. The molecule has 6 aromatic carbocycles. The van der Waals surface area contributed by atoms with Crippen LogP contribution in [0.5, 0.6) is 28.7 Å². The lowest BCUT2D eigenvalue weighted by atomic mass is 9.35. The third-order valence-corrected chi connectivity index (χ3v) is 16.2. The summed E-state index contributed by atoms with van der Waals surface area (Å²) in [5.41, 5.74) is 6.39. The highest BCUT2D eigenvalue weighted by atomic mass is 32.2. The molecule has 6 nitrogen and oxygen atoms in total. The van der Waals surface area contributed by atoms with Crippen molar-refractivity contribution in [1.82, 2.24) is 0 Å². The van der Waals surface area contributed by atoms with E-state index in [4.69, 9.17) is 14.2 Å². The monoisotopic (exact) mass is 756 g/mol. The predicted molar refractivity (Wildman–Crippen MR) is 212 cm³/mol. The van der Waals surface area contributed by atoms with Gasteiger partial charge in [-0.2, -0.15) is 0 Å². The van der Waals surface area contributed by atoms with Gasteiger partial charge in [-0.1, -0.05) is 54.1 Å². The first-order chi connectivity index (χ1) is 27.2. The summed E-state index contributed by atoms with van der Waals surface area (Å²) < 4.78 is 44.9. The topological polar surface area (TPSA) is 78.9 Å². The second-order valence-corrected chi connectivity index (χ2v) is 18.5. The van der Waals surface area contributed by atoms with Crippen LogP contribution < -0.4 is 14.2 Å². The molecule has 0 aromatic heterocycles. The summed E-state index contributed by atoms with van der Waals surface area (Å²) in [4.78, 5) is 13.2. The number of methoxy groups -OCH3 is 1. The first-order valence-electron chi connectivity index (χ1n) is 19.5. The van der Waals surface area contributed by atoms with Crippen molar-refractivity contribution in [3.63, 3.8) is 0 Å². The van der Waals surface area contributed by atoms with Gasteiger partial charge in [0.1, 0.15) is 28.7 Å². The number of aryl methyl sites for hydroxylation is 1. The maximum atomic E-state index is 13.6. The fraction of sp³-hybridized carbons (Fsp3) is 0.245. The fourth-order valence-electron chi connectivity index (χ4n) is 12.3. The van der Waals surface area contributed by atoms with Crippen LogP contribution in [0, 0.1) is 41.4 Å². The van der Waals surface area contributed by atoms with E-state index in [1.54, 1.807) is 67.8 Å². The first kappa shape index (κ1) is 33.7. The summed E-state index contributed by atoms with van der Waals surface area (Å²) in [5.74, 6) is 6.36. The molecule has 6 aromatic rings. The lowest BCUT2D eigenvalue weighted by Crippen LogP contribution is -2.64. The predicted octanol–water partition coefficient (Wildman–Crippen LogP) is 10.6. The molecule has 0 saturated heterocycles. The molecule has 7 heteroatoms. The Morgan fingerprint density at radius 3 is 1.50 bits per heavy atom. The van der Waals surface area contributed by atoms with Gasteiger partial charge in [-0.15, -0.1) is 0 Å². The van der Waals surface area contributed by atoms with Crippen molar-refractivity contribution < 1.29 is 27.4 Å². The van der Waals surface area contributed by atoms with Crippen LogP contribution >= 0.6 is 0 Å². The molecular formula is C49H40O6S. The minimum Gasteiger partial charge on any atom is -0.497 e. The van der Waals surface area contributed by atoms with Crippen LogP contribution in [0.1, 0.15) is 51.9 Å². The van der Waals surface area contributed by atoms with Gasteiger partial charge < -0.3 is 14.2 Å². The SMILES string of the molecule is COc1ccc(C2(c3ccc(Oc4ccc(S(=O)(=O)c5ccc(Oc6ccc(C(=O)c7ccc(C)cc7)cc6)cc5)cc4)cc3)C3CC45CC6CC2C64C35)cc1. The fourth-order valence-corrected chi connectivity index (χ4v) is 13.5. The summed E-state index contributed by atoms with van der Waals surface area (Å²) in [7, 11) is -2.06. The second-order valence-electron chi connectivity index (χ2n) is 16.6. The Morgan fingerprint density at radius 1 is 0.589 bits per heavy atom.